The predicted molar refractivity (Wildman–Crippen MR) is 80.1 cm³/mol. The van der Waals surface area contributed by atoms with Gasteiger partial charge in [0.05, 0.1) is 26.7 Å². The zero-order chi connectivity index (χ0) is 24.4. The van der Waals surface area contributed by atoms with Crippen molar-refractivity contribution in [2.75, 3.05) is 26.7 Å². The Morgan fingerprint density at radius 3 is 0.750 bits per heavy atom. The topological polar surface area (TPSA) is 0 Å². The number of rotatable bonds is 4. The minimum atomic E-state index is -6.00. The van der Waals surface area contributed by atoms with Gasteiger partial charge in [0, 0.05) is 0 Å². The van der Waals surface area contributed by atoms with Gasteiger partial charge in [-0.25, -0.2) is 0 Å². The van der Waals surface area contributed by atoms with E-state index in [1.165, 1.54) is 30.5 Å². The third kappa shape index (κ3) is 176. The third-order valence-electron chi connectivity index (χ3n) is 2.29. The van der Waals surface area contributed by atoms with Crippen LogP contribution < -0.4 is 0 Å². The first-order valence-corrected chi connectivity index (χ1v) is 7.29. The molecule has 0 unspecified atom stereocenters. The maximum absolute atomic E-state index is 9.75. The molecule has 0 aromatic heterocycles. The summed E-state index contributed by atoms with van der Waals surface area (Å²) in [7, 11) is -15.7. The van der Waals surface area contributed by atoms with Gasteiger partial charge in [0.15, 0.2) is 0 Å². The summed E-state index contributed by atoms with van der Waals surface area (Å²) in [5, 5.41) is 0. The lowest BCUT2D eigenvalue weighted by Gasteiger charge is -2.31. The zero-order valence-corrected chi connectivity index (χ0v) is 15.3. The van der Waals surface area contributed by atoms with Crippen LogP contribution in [0.15, 0.2) is 0 Å². The molecule has 0 spiro atoms. The fraction of sp³-hybridized carbons (Fsp3) is 1.00. The van der Waals surface area contributed by atoms with Crippen LogP contribution in [-0.4, -0.2) is 59.6 Å². The summed E-state index contributed by atoms with van der Waals surface area (Å²) in [5.41, 5.74) is 0. The van der Waals surface area contributed by atoms with Gasteiger partial charge in [0.1, 0.15) is 0 Å². The van der Waals surface area contributed by atoms with E-state index in [1.54, 1.807) is 0 Å². The standard InChI is InChI=1S/C8H20N.CHF3.3BF4/c1-5-8-9(4,6-2)7-3;2-1(3)4;3*2-1(3,4)5/h5-8H2,1-4H3;1H;;;/q+1;;3*-1. The Balaban J connectivity index is -0.0000000819. The van der Waals surface area contributed by atoms with Crippen LogP contribution in [-0.2, 0) is 0 Å². The first-order chi connectivity index (χ1) is 11.9. The van der Waals surface area contributed by atoms with Crippen LogP contribution in [0.2, 0.25) is 0 Å². The van der Waals surface area contributed by atoms with E-state index in [9.17, 15) is 65.0 Å². The second kappa shape index (κ2) is 18.2. The smallest absolute Gasteiger partial charge is 0.418 e. The highest BCUT2D eigenvalue weighted by Crippen LogP contribution is 2.07. The van der Waals surface area contributed by atoms with Crippen molar-refractivity contribution in [1.82, 2.24) is 0 Å². The summed E-state index contributed by atoms with van der Waals surface area (Å²) in [5.74, 6) is 0. The van der Waals surface area contributed by atoms with E-state index in [0.717, 1.165) is 0 Å². The molecule has 0 aliphatic carbocycles. The molecule has 0 N–H and O–H groups in total. The summed E-state index contributed by atoms with van der Waals surface area (Å²) in [4.78, 5) is 0. The monoisotopic (exact) mass is 461 g/mol. The molecule has 0 atom stereocenters. The molecule has 0 aliphatic heterocycles. The third-order valence-corrected chi connectivity index (χ3v) is 2.29. The van der Waals surface area contributed by atoms with Crippen molar-refractivity contribution in [2.24, 2.45) is 0 Å². The zero-order valence-electron chi connectivity index (χ0n) is 15.3. The summed E-state index contributed by atoms with van der Waals surface area (Å²) < 4.78 is 147. The van der Waals surface area contributed by atoms with Gasteiger partial charge in [-0.3, -0.25) is 0 Å². The first-order valence-electron chi connectivity index (χ1n) is 7.29. The van der Waals surface area contributed by atoms with E-state index < -0.39 is 28.4 Å². The Hall–Kier alpha value is -0.895. The molecule has 0 fully saturated rings. The van der Waals surface area contributed by atoms with Gasteiger partial charge in [-0.1, -0.05) is 6.92 Å². The van der Waals surface area contributed by atoms with Crippen LogP contribution in [0, 0.1) is 0 Å². The molecule has 1 nitrogen and oxygen atoms in total. The molecule has 19 heteroatoms. The highest BCUT2D eigenvalue weighted by Gasteiger charge is 2.21. The second-order valence-electron chi connectivity index (χ2n) is 4.71. The van der Waals surface area contributed by atoms with E-state index in [1.807, 2.05) is 0 Å². The van der Waals surface area contributed by atoms with Crippen molar-refractivity contribution in [3.05, 3.63) is 0 Å². The number of quaternary nitrogens is 1. The van der Waals surface area contributed by atoms with Crippen LogP contribution in [0.1, 0.15) is 27.2 Å². The minimum Gasteiger partial charge on any atom is -0.418 e. The number of hydrogen-bond acceptors (Lipinski definition) is 0. The van der Waals surface area contributed by atoms with E-state index in [0.29, 0.717) is 0 Å². The normalized spacial score (nSPS) is 11.6. The molecule has 0 rings (SSSR count). The molecule has 0 radical (unpaired) electrons. The molecule has 0 aliphatic rings. The van der Waals surface area contributed by atoms with Crippen molar-refractivity contribution >= 4 is 21.8 Å². The van der Waals surface area contributed by atoms with Crippen molar-refractivity contribution in [1.29, 1.82) is 0 Å². The van der Waals surface area contributed by atoms with Crippen LogP contribution in [0.4, 0.5) is 65.0 Å². The lowest BCUT2D eigenvalue weighted by Crippen LogP contribution is -2.43. The minimum absolute atomic E-state index is 1.23. The van der Waals surface area contributed by atoms with E-state index in [2.05, 4.69) is 27.8 Å². The average molecular weight is 461 g/mol. The lowest BCUT2D eigenvalue weighted by molar-refractivity contribution is -0.906. The van der Waals surface area contributed by atoms with Crippen molar-refractivity contribution in [3.63, 3.8) is 0 Å². The number of alkyl halides is 3. The van der Waals surface area contributed by atoms with Gasteiger partial charge < -0.3 is 56.3 Å². The largest absolute Gasteiger partial charge is 0.673 e. The van der Waals surface area contributed by atoms with Gasteiger partial charge in [0.2, 0.25) is 0 Å². The van der Waals surface area contributed by atoms with Crippen molar-refractivity contribution in [3.8, 4) is 0 Å². The highest BCUT2D eigenvalue weighted by atomic mass is 19.5. The Bertz CT molecular complexity index is 264. The Morgan fingerprint density at radius 2 is 0.714 bits per heavy atom. The second-order valence-corrected chi connectivity index (χ2v) is 4.71. The molecule has 0 saturated carbocycles. The van der Waals surface area contributed by atoms with Crippen LogP contribution in [0.3, 0.4) is 0 Å². The molecular weight excluding hydrogens is 440 g/mol. The van der Waals surface area contributed by atoms with Gasteiger partial charge in [0.25, 0.3) is 0 Å². The van der Waals surface area contributed by atoms with Gasteiger partial charge in [-0.2, -0.15) is 13.2 Å². The van der Waals surface area contributed by atoms with E-state index >= 15 is 0 Å². The Kier molecular flexibility index (Phi) is 24.5. The quantitative estimate of drug-likeness (QED) is 0.242. The molecule has 0 heterocycles. The molecule has 0 saturated heterocycles. The first kappa shape index (κ1) is 37.8. The highest BCUT2D eigenvalue weighted by molar-refractivity contribution is 6.50. The van der Waals surface area contributed by atoms with Crippen molar-refractivity contribution < 1.29 is 69.4 Å². The molecule has 0 bridgehead atoms. The average Bonchev–Trinajstić information content (AvgIpc) is 2.32. The fourth-order valence-electron chi connectivity index (χ4n) is 1.08. The summed E-state index contributed by atoms with van der Waals surface area (Å²) in [6.45, 7) is 6.97. The van der Waals surface area contributed by atoms with E-state index in [-0.39, 0.29) is 0 Å². The number of hydrogen-bond donors (Lipinski definition) is 0. The predicted octanol–water partition coefficient (Wildman–Crippen LogP) is 6.96. The van der Waals surface area contributed by atoms with Crippen molar-refractivity contribution in [2.45, 2.75) is 33.9 Å². The molecule has 0 aromatic carbocycles. The van der Waals surface area contributed by atoms with Gasteiger partial charge >= 0.3 is 28.4 Å². The van der Waals surface area contributed by atoms with E-state index in [4.69, 9.17) is 0 Å². The summed E-state index contributed by atoms with van der Waals surface area (Å²) in [6, 6.07) is 0. The number of halogens is 15. The maximum Gasteiger partial charge on any atom is 0.673 e. The van der Waals surface area contributed by atoms with Gasteiger partial charge in [-0.05, 0) is 20.3 Å². The van der Waals surface area contributed by atoms with Crippen LogP contribution >= 0.6 is 0 Å². The van der Waals surface area contributed by atoms with Crippen LogP contribution in [0.5, 0.6) is 0 Å². The molecule has 0 amide bonds. The Labute approximate surface area is 153 Å². The fourth-order valence-corrected chi connectivity index (χ4v) is 1.08. The van der Waals surface area contributed by atoms with Crippen LogP contribution in [0.25, 0.3) is 0 Å². The van der Waals surface area contributed by atoms with Gasteiger partial charge in [-0.15, -0.1) is 0 Å². The summed E-state index contributed by atoms with van der Waals surface area (Å²) >= 11 is 0. The summed E-state index contributed by atoms with van der Waals surface area (Å²) in [6.07, 6.45) is 1.30. The molecule has 28 heavy (non-hydrogen) atoms. The molecular formula is C9H21B3F15N-2. The Morgan fingerprint density at radius 1 is 0.571 bits per heavy atom. The molecule has 178 valence electrons. The maximum atomic E-state index is 9.75. The number of nitrogens with zero attached hydrogens (tertiary/aromatic N) is 1. The SMILES string of the molecule is CCC[N+](C)(CC)CC.FC(F)F.F[B-](F)(F)F.F[B-](F)(F)F.F[B-](F)(F)F. The molecule has 0 aromatic rings. The lowest BCUT2D eigenvalue weighted by atomic mass is 10.3.